The molecule has 2 aromatic heterocycles. The van der Waals surface area contributed by atoms with Crippen molar-refractivity contribution in [2.45, 2.75) is 11.4 Å². The van der Waals surface area contributed by atoms with Crippen LogP contribution in [0.3, 0.4) is 0 Å². The first-order valence-corrected chi connectivity index (χ1v) is 10.6. The van der Waals surface area contributed by atoms with Crippen molar-refractivity contribution in [2.75, 3.05) is 0 Å². The number of hydrogen-bond donors (Lipinski definition) is 1. The van der Waals surface area contributed by atoms with Crippen molar-refractivity contribution in [3.05, 3.63) is 76.9 Å². The highest BCUT2D eigenvalue weighted by Gasteiger charge is 2.18. The molecule has 3 rings (SSSR count). The molecule has 1 aromatic carbocycles. The van der Waals surface area contributed by atoms with E-state index < -0.39 is 19.8 Å². The van der Waals surface area contributed by atoms with Gasteiger partial charge in [-0.25, -0.2) is 22.8 Å². The van der Waals surface area contributed by atoms with Crippen LogP contribution in [0.25, 0.3) is 5.70 Å². The first kappa shape index (κ1) is 20.9. The maximum absolute atomic E-state index is 13.9. The van der Waals surface area contributed by atoms with Gasteiger partial charge in [-0.2, -0.15) is 0 Å². The molecule has 0 spiro atoms. The summed E-state index contributed by atoms with van der Waals surface area (Å²) >= 11 is 5.86. The molecule has 0 atom stereocenters. The number of hydrogen-bond acceptors (Lipinski definition) is 8. The second-order valence-corrected chi connectivity index (χ2v) is 8.46. The van der Waals surface area contributed by atoms with Gasteiger partial charge in [0.15, 0.2) is 11.0 Å². The topological polar surface area (TPSA) is 124 Å². The Morgan fingerprint density at radius 3 is 2.69 bits per heavy atom. The highest BCUT2D eigenvalue weighted by atomic mass is 35.7. The Morgan fingerprint density at radius 1 is 1.31 bits per heavy atom. The van der Waals surface area contributed by atoms with Crippen LogP contribution in [-0.2, 0) is 15.6 Å². The van der Waals surface area contributed by atoms with E-state index in [9.17, 15) is 12.8 Å². The number of nitrogens with two attached hydrogens (primary N) is 1. The van der Waals surface area contributed by atoms with Crippen LogP contribution in [0.15, 0.2) is 63.3 Å². The third-order valence-corrected chi connectivity index (χ3v) is 5.33. The van der Waals surface area contributed by atoms with Crippen molar-refractivity contribution >= 4 is 42.7 Å². The van der Waals surface area contributed by atoms with Gasteiger partial charge in [0.25, 0.3) is 9.05 Å². The molecule has 0 aliphatic rings. The molecule has 8 nitrogen and oxygen atoms in total. The summed E-state index contributed by atoms with van der Waals surface area (Å²) in [5, 5.41) is 3.42. The molecule has 0 saturated heterocycles. The van der Waals surface area contributed by atoms with Crippen LogP contribution in [0.4, 0.5) is 4.39 Å². The normalized spacial score (nSPS) is 12.9. The minimum Gasteiger partial charge on any atom is -0.396 e. The average Bonchev–Trinajstić information content (AvgIpc) is 3.19. The Bertz CT molecular complexity index is 1200. The van der Waals surface area contributed by atoms with Crippen molar-refractivity contribution in [1.29, 1.82) is 0 Å². The molecule has 0 amide bonds. The lowest BCUT2D eigenvalue weighted by Crippen LogP contribution is -2.09. The van der Waals surface area contributed by atoms with Gasteiger partial charge in [-0.05, 0) is 12.1 Å². The van der Waals surface area contributed by atoms with E-state index in [-0.39, 0.29) is 28.9 Å². The smallest absolute Gasteiger partial charge is 0.265 e. The van der Waals surface area contributed by atoms with Crippen molar-refractivity contribution in [1.82, 2.24) is 15.1 Å². The van der Waals surface area contributed by atoms with Gasteiger partial charge in [-0.1, -0.05) is 35.0 Å². The number of nitrogens with zero attached hydrogens (tertiary/aromatic N) is 4. The molecule has 29 heavy (non-hydrogen) atoms. The van der Waals surface area contributed by atoms with Gasteiger partial charge in [-0.3, -0.25) is 4.99 Å². The lowest BCUT2D eigenvalue weighted by Gasteiger charge is -2.05. The van der Waals surface area contributed by atoms with E-state index in [2.05, 4.69) is 20.1 Å². The number of rotatable bonds is 6. The second-order valence-electron chi connectivity index (χ2n) is 5.56. The predicted octanol–water partition coefficient (Wildman–Crippen LogP) is 3.17. The molecule has 2 heterocycles. The number of benzene rings is 1. The van der Waals surface area contributed by atoms with E-state index in [0.717, 1.165) is 6.20 Å². The summed E-state index contributed by atoms with van der Waals surface area (Å²) in [4.78, 5) is 11.6. The Balaban J connectivity index is 1.97. The number of halogens is 3. The zero-order valence-electron chi connectivity index (χ0n) is 14.5. The van der Waals surface area contributed by atoms with Gasteiger partial charge in [0.1, 0.15) is 22.7 Å². The Morgan fingerprint density at radius 2 is 2.07 bits per heavy atom. The summed E-state index contributed by atoms with van der Waals surface area (Å²) in [6.07, 6.45) is 3.67. The summed E-state index contributed by atoms with van der Waals surface area (Å²) in [5.41, 5.74) is 7.01. The van der Waals surface area contributed by atoms with Crippen LogP contribution >= 0.6 is 22.3 Å². The van der Waals surface area contributed by atoms with Crippen molar-refractivity contribution < 1.29 is 17.3 Å². The van der Waals surface area contributed by atoms with Gasteiger partial charge in [0.05, 0.1) is 24.2 Å². The zero-order valence-corrected chi connectivity index (χ0v) is 16.8. The van der Waals surface area contributed by atoms with Crippen LogP contribution in [0.5, 0.6) is 0 Å². The number of allylic oxidation sites excluding steroid dienone is 1. The van der Waals surface area contributed by atoms with E-state index in [1.807, 2.05) is 0 Å². The molecule has 0 aliphatic heterocycles. The van der Waals surface area contributed by atoms with Gasteiger partial charge in [0, 0.05) is 22.3 Å². The average molecular weight is 456 g/mol. The van der Waals surface area contributed by atoms with E-state index in [1.54, 1.807) is 24.3 Å². The van der Waals surface area contributed by atoms with Gasteiger partial charge in [-0.15, -0.1) is 0 Å². The summed E-state index contributed by atoms with van der Waals surface area (Å²) in [6, 6.07) is 7.73. The third-order valence-electron chi connectivity index (χ3n) is 3.60. The zero-order chi connectivity index (χ0) is 21.0. The summed E-state index contributed by atoms with van der Waals surface area (Å²) in [6.45, 7) is 0.0175. The molecule has 150 valence electrons. The maximum Gasteiger partial charge on any atom is 0.265 e. The number of aromatic nitrogens is 3. The minimum atomic E-state index is -4.10. The van der Waals surface area contributed by atoms with E-state index in [0.29, 0.717) is 11.3 Å². The van der Waals surface area contributed by atoms with Gasteiger partial charge >= 0.3 is 0 Å². The first-order chi connectivity index (χ1) is 13.8. The molecule has 0 aliphatic carbocycles. The molecule has 2 N–H and O–H groups in total. The number of aliphatic imine (C=N–C) groups is 1. The molecule has 0 unspecified atom stereocenters. The maximum atomic E-state index is 13.9. The fourth-order valence-corrected chi connectivity index (χ4v) is 3.52. The van der Waals surface area contributed by atoms with Crippen LogP contribution in [0, 0.1) is 5.82 Å². The SMILES string of the molecule is N/C(=C\C(=NCc1ccccc1F)c1ccon1)c1ncc(S(=O)(=O)Cl)c(Cl)n1. The quantitative estimate of drug-likeness (QED) is 0.343. The van der Waals surface area contributed by atoms with E-state index >= 15 is 0 Å². The van der Waals surface area contributed by atoms with E-state index in [4.69, 9.17) is 32.5 Å². The lowest BCUT2D eigenvalue weighted by molar-refractivity contribution is 0.418. The molecule has 0 bridgehead atoms. The minimum absolute atomic E-state index is 0.0145. The standard InChI is InChI=1S/C17H12Cl2FN5O3S/c18-16-15(29(19,26)27)9-23-17(24-16)12(21)7-14(13-5-6-28-25-13)22-8-10-3-1-2-4-11(10)20/h1-7,9H,8,21H2/b12-7-,22-14?. The van der Waals surface area contributed by atoms with Crippen LogP contribution < -0.4 is 5.73 Å². The molecule has 12 heteroatoms. The summed E-state index contributed by atoms with van der Waals surface area (Å²) in [5.74, 6) is -0.457. The molecular weight excluding hydrogens is 444 g/mol. The fourth-order valence-electron chi connectivity index (χ4n) is 2.21. The third kappa shape index (κ3) is 5.17. The molecular formula is C17H12Cl2FN5O3S. The molecule has 0 radical (unpaired) electrons. The monoisotopic (exact) mass is 455 g/mol. The largest absolute Gasteiger partial charge is 0.396 e. The highest BCUT2D eigenvalue weighted by Crippen LogP contribution is 2.23. The first-order valence-electron chi connectivity index (χ1n) is 7.89. The van der Waals surface area contributed by atoms with Crippen molar-refractivity contribution in [3.8, 4) is 0 Å². The van der Waals surface area contributed by atoms with E-state index in [1.165, 1.54) is 18.4 Å². The van der Waals surface area contributed by atoms with Gasteiger partial charge < -0.3 is 10.3 Å². The molecule has 0 saturated carbocycles. The molecule has 0 fully saturated rings. The van der Waals surface area contributed by atoms with Crippen molar-refractivity contribution in [3.63, 3.8) is 0 Å². The fraction of sp³-hybridized carbons (Fsp3) is 0.0588. The molecule has 3 aromatic rings. The Labute approximate surface area is 174 Å². The Kier molecular flexibility index (Phi) is 6.26. The van der Waals surface area contributed by atoms with Crippen LogP contribution in [0.2, 0.25) is 5.15 Å². The van der Waals surface area contributed by atoms with Gasteiger partial charge in [0.2, 0.25) is 0 Å². The van der Waals surface area contributed by atoms with Crippen LogP contribution in [-0.4, -0.2) is 29.3 Å². The lowest BCUT2D eigenvalue weighted by atomic mass is 10.2. The van der Waals surface area contributed by atoms with Crippen LogP contribution in [0.1, 0.15) is 17.1 Å². The van der Waals surface area contributed by atoms with Crippen molar-refractivity contribution in [2.24, 2.45) is 10.7 Å². The highest BCUT2D eigenvalue weighted by molar-refractivity contribution is 8.13. The predicted molar refractivity (Wildman–Crippen MR) is 105 cm³/mol. The Hall–Kier alpha value is -2.82. The summed E-state index contributed by atoms with van der Waals surface area (Å²) < 4.78 is 41.5. The second kappa shape index (κ2) is 8.68. The summed E-state index contributed by atoms with van der Waals surface area (Å²) in [7, 11) is 1.15.